The molecule has 0 spiro atoms. The number of carbonyl (C=O) groups is 1. The Kier molecular flexibility index (Phi) is 4.88. The molecule has 1 saturated heterocycles. The van der Waals surface area contributed by atoms with Crippen molar-refractivity contribution in [3.63, 3.8) is 0 Å². The van der Waals surface area contributed by atoms with Crippen LogP contribution in [0, 0.1) is 19.8 Å². The van der Waals surface area contributed by atoms with E-state index in [1.807, 2.05) is 13.8 Å². The molecule has 0 saturated carbocycles. The van der Waals surface area contributed by atoms with Gasteiger partial charge in [0.1, 0.15) is 5.69 Å². The SMILES string of the molecule is Cc1nc2c(c(C)c1Cl)CN(C(=O)[C@@H]1CCN(c3nccc(C(F)(F)F)n3)C1)C2. The average Bonchev–Trinajstić information content (AvgIpc) is 3.33. The van der Waals surface area contributed by atoms with Crippen molar-refractivity contribution >= 4 is 23.5 Å². The predicted molar refractivity (Wildman–Crippen MR) is 100 cm³/mol. The molecule has 1 atom stereocenters. The maximum absolute atomic E-state index is 13.0. The number of alkyl halides is 3. The number of hydrogen-bond donors (Lipinski definition) is 0. The number of aromatic nitrogens is 3. The van der Waals surface area contributed by atoms with Crippen LogP contribution in [0.25, 0.3) is 0 Å². The van der Waals surface area contributed by atoms with Gasteiger partial charge in [0.05, 0.1) is 28.9 Å². The van der Waals surface area contributed by atoms with Gasteiger partial charge in [-0.05, 0) is 37.5 Å². The first-order valence-corrected chi connectivity index (χ1v) is 9.61. The first-order valence-electron chi connectivity index (χ1n) is 9.23. The van der Waals surface area contributed by atoms with Gasteiger partial charge in [-0.3, -0.25) is 9.78 Å². The highest BCUT2D eigenvalue weighted by Crippen LogP contribution is 2.33. The molecule has 2 aliphatic heterocycles. The van der Waals surface area contributed by atoms with Crippen molar-refractivity contribution in [1.82, 2.24) is 19.9 Å². The lowest BCUT2D eigenvalue weighted by atomic mass is 10.1. The molecule has 154 valence electrons. The molecular weight excluding hydrogens is 407 g/mol. The highest BCUT2D eigenvalue weighted by Gasteiger charge is 2.37. The summed E-state index contributed by atoms with van der Waals surface area (Å²) in [6, 6.07) is 0.839. The Labute approximate surface area is 170 Å². The first kappa shape index (κ1) is 19.9. The Morgan fingerprint density at radius 2 is 2.00 bits per heavy atom. The maximum Gasteiger partial charge on any atom is 0.433 e. The van der Waals surface area contributed by atoms with Gasteiger partial charge in [0.15, 0.2) is 0 Å². The van der Waals surface area contributed by atoms with Crippen LogP contribution in [-0.4, -0.2) is 38.8 Å². The highest BCUT2D eigenvalue weighted by molar-refractivity contribution is 6.32. The molecule has 1 fully saturated rings. The fourth-order valence-electron chi connectivity index (χ4n) is 3.92. The summed E-state index contributed by atoms with van der Waals surface area (Å²) in [5.41, 5.74) is 2.53. The molecule has 2 aliphatic rings. The predicted octanol–water partition coefficient (Wildman–Crippen LogP) is 3.53. The molecule has 0 bridgehead atoms. The number of halogens is 4. The second kappa shape index (κ2) is 7.12. The van der Waals surface area contributed by atoms with Crippen LogP contribution < -0.4 is 4.90 Å². The van der Waals surface area contributed by atoms with E-state index in [0.29, 0.717) is 37.6 Å². The van der Waals surface area contributed by atoms with Crippen LogP contribution in [0.1, 0.15) is 34.6 Å². The van der Waals surface area contributed by atoms with Gasteiger partial charge in [-0.1, -0.05) is 11.6 Å². The molecular formula is C19H19ClF3N5O. The summed E-state index contributed by atoms with van der Waals surface area (Å²) >= 11 is 6.28. The summed E-state index contributed by atoms with van der Waals surface area (Å²) in [5.74, 6) is -0.357. The highest BCUT2D eigenvalue weighted by atomic mass is 35.5. The molecule has 4 rings (SSSR count). The van der Waals surface area contributed by atoms with Crippen molar-refractivity contribution < 1.29 is 18.0 Å². The first-order chi connectivity index (χ1) is 13.6. The third-order valence-electron chi connectivity index (χ3n) is 5.51. The number of nitrogens with zero attached hydrogens (tertiary/aromatic N) is 5. The van der Waals surface area contributed by atoms with Crippen molar-refractivity contribution in [2.45, 2.75) is 39.5 Å². The summed E-state index contributed by atoms with van der Waals surface area (Å²) < 4.78 is 38.7. The quantitative estimate of drug-likeness (QED) is 0.736. The van der Waals surface area contributed by atoms with E-state index in [-0.39, 0.29) is 17.8 Å². The Morgan fingerprint density at radius 3 is 2.72 bits per heavy atom. The lowest BCUT2D eigenvalue weighted by Crippen LogP contribution is -2.34. The second-order valence-electron chi connectivity index (χ2n) is 7.43. The van der Waals surface area contributed by atoms with Crippen molar-refractivity contribution in [2.24, 2.45) is 5.92 Å². The number of amides is 1. The smallest absolute Gasteiger partial charge is 0.340 e. The zero-order valence-corrected chi connectivity index (χ0v) is 16.7. The van der Waals surface area contributed by atoms with E-state index in [1.54, 1.807) is 9.80 Å². The van der Waals surface area contributed by atoms with Crippen LogP contribution in [0.2, 0.25) is 5.02 Å². The molecule has 0 aromatic carbocycles. The van der Waals surface area contributed by atoms with E-state index in [2.05, 4.69) is 15.0 Å². The van der Waals surface area contributed by atoms with Crippen LogP contribution in [-0.2, 0) is 24.1 Å². The van der Waals surface area contributed by atoms with E-state index >= 15 is 0 Å². The van der Waals surface area contributed by atoms with E-state index in [0.717, 1.165) is 34.8 Å². The van der Waals surface area contributed by atoms with Gasteiger partial charge in [0.2, 0.25) is 11.9 Å². The van der Waals surface area contributed by atoms with Crippen LogP contribution in [0.4, 0.5) is 19.1 Å². The standard InChI is InChI=1S/C19H19ClF3N5O/c1-10-13-8-28(9-14(13)25-11(2)16(10)20)17(29)12-4-6-27(7-12)18-24-5-3-15(26-18)19(21,22)23/h3,5,12H,4,6-9H2,1-2H3/t12-/m1/s1. The topological polar surface area (TPSA) is 62.2 Å². The van der Waals surface area contributed by atoms with Crippen molar-refractivity contribution in [2.75, 3.05) is 18.0 Å². The Morgan fingerprint density at radius 1 is 1.24 bits per heavy atom. The molecule has 0 aliphatic carbocycles. The third kappa shape index (κ3) is 3.63. The number of pyridine rings is 1. The zero-order valence-electron chi connectivity index (χ0n) is 15.9. The van der Waals surface area contributed by atoms with Gasteiger partial charge in [-0.15, -0.1) is 0 Å². The zero-order chi connectivity index (χ0) is 20.9. The minimum Gasteiger partial charge on any atom is -0.340 e. The molecule has 2 aromatic heterocycles. The number of carbonyl (C=O) groups excluding carboxylic acids is 1. The van der Waals surface area contributed by atoms with Gasteiger partial charge in [-0.25, -0.2) is 9.97 Å². The normalized spacial score (nSPS) is 19.0. The molecule has 10 heteroatoms. The Bertz CT molecular complexity index is 981. The van der Waals surface area contributed by atoms with E-state index in [4.69, 9.17) is 11.6 Å². The average molecular weight is 426 g/mol. The van der Waals surface area contributed by atoms with E-state index in [9.17, 15) is 18.0 Å². The monoisotopic (exact) mass is 425 g/mol. The molecule has 29 heavy (non-hydrogen) atoms. The van der Waals surface area contributed by atoms with Crippen molar-refractivity contribution in [3.05, 3.63) is 45.5 Å². The molecule has 0 unspecified atom stereocenters. The van der Waals surface area contributed by atoms with Crippen LogP contribution >= 0.6 is 11.6 Å². The number of fused-ring (bicyclic) bond motifs is 1. The number of hydrogen-bond acceptors (Lipinski definition) is 5. The molecule has 0 radical (unpaired) electrons. The molecule has 1 amide bonds. The fraction of sp³-hybridized carbons (Fsp3) is 0.474. The summed E-state index contributed by atoms with van der Waals surface area (Å²) in [4.78, 5) is 28.5. The summed E-state index contributed by atoms with van der Waals surface area (Å²) in [7, 11) is 0. The minimum absolute atomic E-state index is 0.000231. The number of rotatable bonds is 2. The molecule has 2 aromatic rings. The minimum atomic E-state index is -4.53. The van der Waals surface area contributed by atoms with E-state index in [1.165, 1.54) is 0 Å². The molecule has 0 N–H and O–H groups in total. The molecule has 4 heterocycles. The van der Waals surface area contributed by atoms with Crippen molar-refractivity contribution in [1.29, 1.82) is 0 Å². The fourth-order valence-corrected chi connectivity index (χ4v) is 4.08. The van der Waals surface area contributed by atoms with E-state index < -0.39 is 11.9 Å². The Balaban J connectivity index is 1.46. The van der Waals surface area contributed by atoms with Crippen LogP contribution in [0.5, 0.6) is 0 Å². The number of anilines is 1. The lowest BCUT2D eigenvalue weighted by Gasteiger charge is -2.21. The van der Waals surface area contributed by atoms with Gasteiger partial charge in [0.25, 0.3) is 0 Å². The lowest BCUT2D eigenvalue weighted by molar-refractivity contribution is -0.141. The summed E-state index contributed by atoms with van der Waals surface area (Å²) in [6.45, 7) is 5.35. The second-order valence-corrected chi connectivity index (χ2v) is 7.80. The maximum atomic E-state index is 13.0. The van der Waals surface area contributed by atoms with Gasteiger partial charge >= 0.3 is 6.18 Å². The largest absolute Gasteiger partial charge is 0.433 e. The summed E-state index contributed by atoms with van der Waals surface area (Å²) in [5, 5.41) is 0.617. The Hall–Kier alpha value is -2.42. The van der Waals surface area contributed by atoms with Crippen LogP contribution in [0.3, 0.4) is 0 Å². The van der Waals surface area contributed by atoms with Gasteiger partial charge in [0, 0.05) is 25.8 Å². The van der Waals surface area contributed by atoms with Crippen LogP contribution in [0.15, 0.2) is 12.3 Å². The third-order valence-corrected chi connectivity index (χ3v) is 6.06. The van der Waals surface area contributed by atoms with Crippen molar-refractivity contribution in [3.8, 4) is 0 Å². The summed E-state index contributed by atoms with van der Waals surface area (Å²) in [6.07, 6.45) is -2.90. The number of aryl methyl sites for hydroxylation is 1. The van der Waals surface area contributed by atoms with Gasteiger partial charge < -0.3 is 9.80 Å². The molecule has 6 nitrogen and oxygen atoms in total. The van der Waals surface area contributed by atoms with Gasteiger partial charge in [-0.2, -0.15) is 13.2 Å².